The minimum atomic E-state index is 0.357. The van der Waals surface area contributed by atoms with Crippen LogP contribution in [0.5, 0.6) is 0 Å². The number of ketones is 1. The van der Waals surface area contributed by atoms with Crippen LogP contribution in [0.3, 0.4) is 0 Å². The van der Waals surface area contributed by atoms with E-state index in [1.807, 2.05) is 11.4 Å². The zero-order valence-corrected chi connectivity index (χ0v) is 11.4. The largest absolute Gasteiger partial charge is 0.304 e. The molecule has 4 heteroatoms. The second-order valence-electron chi connectivity index (χ2n) is 4.95. The van der Waals surface area contributed by atoms with Crippen LogP contribution in [0.15, 0.2) is 16.8 Å². The van der Waals surface area contributed by atoms with E-state index in [9.17, 15) is 4.79 Å². The summed E-state index contributed by atoms with van der Waals surface area (Å²) in [6.07, 6.45) is 1.27. The van der Waals surface area contributed by atoms with Crippen LogP contribution in [0.4, 0.5) is 0 Å². The maximum atomic E-state index is 12.0. The molecule has 1 atom stereocenters. The van der Waals surface area contributed by atoms with Crippen molar-refractivity contribution in [2.75, 3.05) is 33.7 Å². The quantitative estimate of drug-likeness (QED) is 0.811. The maximum absolute atomic E-state index is 12.0. The number of carbonyl (C=O) groups excluding carboxylic acids is 1. The molecule has 0 radical (unpaired) electrons. The fourth-order valence-corrected chi connectivity index (χ4v) is 2.95. The SMILES string of the molecule is CN1CCN(C)C(CC(=O)Cc2ccsc2)C1. The second kappa shape index (κ2) is 5.76. The molecule has 0 N–H and O–H groups in total. The minimum Gasteiger partial charge on any atom is -0.304 e. The lowest BCUT2D eigenvalue weighted by Crippen LogP contribution is -2.50. The van der Waals surface area contributed by atoms with Crippen molar-refractivity contribution < 1.29 is 4.79 Å². The summed E-state index contributed by atoms with van der Waals surface area (Å²) in [4.78, 5) is 16.6. The summed E-state index contributed by atoms with van der Waals surface area (Å²) < 4.78 is 0. The lowest BCUT2D eigenvalue weighted by Gasteiger charge is -2.37. The van der Waals surface area contributed by atoms with Crippen LogP contribution in [0, 0.1) is 0 Å². The molecule has 0 spiro atoms. The zero-order chi connectivity index (χ0) is 12.3. The van der Waals surface area contributed by atoms with Crippen LogP contribution in [0.2, 0.25) is 0 Å². The van der Waals surface area contributed by atoms with Crippen LogP contribution in [0.1, 0.15) is 12.0 Å². The summed E-state index contributed by atoms with van der Waals surface area (Å²) >= 11 is 1.66. The average molecular weight is 252 g/mol. The highest BCUT2D eigenvalue weighted by Gasteiger charge is 2.24. The van der Waals surface area contributed by atoms with Gasteiger partial charge in [-0.15, -0.1) is 0 Å². The Balaban J connectivity index is 1.85. The Labute approximate surface area is 107 Å². The molecule has 1 aliphatic heterocycles. The topological polar surface area (TPSA) is 23.6 Å². The molecule has 2 rings (SSSR count). The highest BCUT2D eigenvalue weighted by Crippen LogP contribution is 2.13. The Morgan fingerprint density at radius 3 is 3.00 bits per heavy atom. The lowest BCUT2D eigenvalue weighted by atomic mass is 10.0. The summed E-state index contributed by atoms with van der Waals surface area (Å²) in [5.74, 6) is 0.357. The monoisotopic (exact) mass is 252 g/mol. The molecule has 0 aliphatic carbocycles. The third kappa shape index (κ3) is 3.63. The van der Waals surface area contributed by atoms with E-state index >= 15 is 0 Å². The van der Waals surface area contributed by atoms with Gasteiger partial charge in [0.1, 0.15) is 5.78 Å². The van der Waals surface area contributed by atoms with Gasteiger partial charge < -0.3 is 9.80 Å². The average Bonchev–Trinajstić information content (AvgIpc) is 2.76. The highest BCUT2D eigenvalue weighted by molar-refractivity contribution is 7.07. The number of nitrogens with zero attached hydrogens (tertiary/aromatic N) is 2. The van der Waals surface area contributed by atoms with Crippen molar-refractivity contribution in [1.29, 1.82) is 0 Å². The second-order valence-corrected chi connectivity index (χ2v) is 5.73. The highest BCUT2D eigenvalue weighted by atomic mass is 32.1. The van der Waals surface area contributed by atoms with Crippen molar-refractivity contribution >= 4 is 17.1 Å². The van der Waals surface area contributed by atoms with E-state index in [0.29, 0.717) is 24.7 Å². The van der Waals surface area contributed by atoms with Crippen LogP contribution in [0.25, 0.3) is 0 Å². The summed E-state index contributed by atoms with van der Waals surface area (Å²) in [7, 11) is 4.25. The van der Waals surface area contributed by atoms with Crippen molar-refractivity contribution in [3.8, 4) is 0 Å². The summed E-state index contributed by atoms with van der Waals surface area (Å²) in [5, 5.41) is 4.09. The van der Waals surface area contributed by atoms with Crippen molar-refractivity contribution in [3.05, 3.63) is 22.4 Å². The molecule has 0 saturated carbocycles. The fraction of sp³-hybridized carbons (Fsp3) is 0.615. The van der Waals surface area contributed by atoms with E-state index in [1.165, 1.54) is 0 Å². The van der Waals surface area contributed by atoms with Gasteiger partial charge in [0.25, 0.3) is 0 Å². The maximum Gasteiger partial charge on any atom is 0.138 e. The first-order chi connectivity index (χ1) is 8.15. The first-order valence-corrected chi connectivity index (χ1v) is 7.01. The first-order valence-electron chi connectivity index (χ1n) is 6.06. The molecule has 17 heavy (non-hydrogen) atoms. The predicted molar refractivity (Wildman–Crippen MR) is 71.6 cm³/mol. The molecule has 1 aliphatic rings. The standard InChI is InChI=1S/C13H20N2OS/c1-14-4-5-15(2)12(9-14)8-13(16)7-11-3-6-17-10-11/h3,6,10,12H,4-5,7-9H2,1-2H3. The Hall–Kier alpha value is -0.710. The molecule has 1 fully saturated rings. The smallest absolute Gasteiger partial charge is 0.138 e. The molecule has 1 saturated heterocycles. The molecular weight excluding hydrogens is 232 g/mol. The number of piperazine rings is 1. The van der Waals surface area contributed by atoms with Gasteiger partial charge in [0.05, 0.1) is 0 Å². The Morgan fingerprint density at radius 2 is 2.29 bits per heavy atom. The molecule has 1 unspecified atom stereocenters. The number of rotatable bonds is 4. The van der Waals surface area contributed by atoms with Gasteiger partial charge >= 0.3 is 0 Å². The Morgan fingerprint density at radius 1 is 1.47 bits per heavy atom. The van der Waals surface area contributed by atoms with Crippen LogP contribution in [-0.2, 0) is 11.2 Å². The molecular formula is C13H20N2OS. The molecule has 2 heterocycles. The van der Waals surface area contributed by atoms with Crippen molar-refractivity contribution in [2.45, 2.75) is 18.9 Å². The van der Waals surface area contributed by atoms with E-state index < -0.39 is 0 Å². The third-order valence-electron chi connectivity index (χ3n) is 3.42. The third-order valence-corrected chi connectivity index (χ3v) is 4.16. The van der Waals surface area contributed by atoms with Crippen molar-refractivity contribution in [3.63, 3.8) is 0 Å². The molecule has 3 nitrogen and oxygen atoms in total. The number of thiophene rings is 1. The zero-order valence-electron chi connectivity index (χ0n) is 10.6. The number of carbonyl (C=O) groups is 1. The number of Topliss-reactive ketones (excluding diaryl/α,β-unsaturated/α-hetero) is 1. The van der Waals surface area contributed by atoms with Gasteiger partial charge in [-0.05, 0) is 36.5 Å². The van der Waals surface area contributed by atoms with Crippen LogP contribution in [-0.4, -0.2) is 55.4 Å². The Bertz CT molecular complexity index is 364. The normalized spacial score (nSPS) is 22.8. The fourth-order valence-electron chi connectivity index (χ4n) is 2.28. The first kappa shape index (κ1) is 12.7. The number of hydrogen-bond donors (Lipinski definition) is 0. The molecule has 1 aromatic rings. The molecule has 0 amide bonds. The van der Waals surface area contributed by atoms with E-state index in [2.05, 4.69) is 29.3 Å². The van der Waals surface area contributed by atoms with Gasteiger partial charge in [-0.25, -0.2) is 0 Å². The summed E-state index contributed by atoms with van der Waals surface area (Å²) in [6, 6.07) is 2.43. The van der Waals surface area contributed by atoms with Crippen molar-refractivity contribution in [2.24, 2.45) is 0 Å². The molecule has 1 aromatic heterocycles. The Kier molecular flexibility index (Phi) is 4.31. The summed E-state index contributed by atoms with van der Waals surface area (Å²) in [6.45, 7) is 3.17. The van der Waals surface area contributed by atoms with Gasteiger partial charge in [-0.1, -0.05) is 0 Å². The molecule has 94 valence electrons. The van der Waals surface area contributed by atoms with E-state index in [-0.39, 0.29) is 0 Å². The van der Waals surface area contributed by atoms with Crippen molar-refractivity contribution in [1.82, 2.24) is 9.80 Å². The van der Waals surface area contributed by atoms with Crippen LogP contribution < -0.4 is 0 Å². The molecule has 0 aromatic carbocycles. The van der Waals surface area contributed by atoms with Gasteiger partial charge in [-0.2, -0.15) is 11.3 Å². The van der Waals surface area contributed by atoms with E-state index in [0.717, 1.165) is 25.2 Å². The van der Waals surface area contributed by atoms with Gasteiger partial charge in [0.2, 0.25) is 0 Å². The van der Waals surface area contributed by atoms with E-state index in [1.54, 1.807) is 11.3 Å². The number of hydrogen-bond acceptors (Lipinski definition) is 4. The molecule has 0 bridgehead atoms. The van der Waals surface area contributed by atoms with Gasteiger partial charge in [-0.3, -0.25) is 4.79 Å². The minimum absolute atomic E-state index is 0.357. The summed E-state index contributed by atoms with van der Waals surface area (Å²) in [5.41, 5.74) is 1.16. The van der Waals surface area contributed by atoms with E-state index in [4.69, 9.17) is 0 Å². The van der Waals surface area contributed by atoms with Gasteiger partial charge in [0.15, 0.2) is 0 Å². The van der Waals surface area contributed by atoms with Crippen LogP contribution >= 0.6 is 11.3 Å². The number of likely N-dealkylation sites (N-methyl/N-ethyl adjacent to an activating group) is 2. The van der Waals surface area contributed by atoms with Gasteiger partial charge in [0, 0.05) is 38.5 Å². The predicted octanol–water partition coefficient (Wildman–Crippen LogP) is 1.50. The lowest BCUT2D eigenvalue weighted by molar-refractivity contribution is -0.120.